The van der Waals surface area contributed by atoms with E-state index < -0.39 is 6.04 Å². The number of carbonyl (C=O) groups excluding carboxylic acids is 2. The van der Waals surface area contributed by atoms with Crippen molar-refractivity contribution >= 4 is 35.2 Å². The monoisotopic (exact) mass is 526 g/mol. The van der Waals surface area contributed by atoms with Gasteiger partial charge in [0, 0.05) is 29.8 Å². The van der Waals surface area contributed by atoms with Gasteiger partial charge in [0.15, 0.2) is 0 Å². The van der Waals surface area contributed by atoms with E-state index in [1.54, 1.807) is 29.2 Å². The summed E-state index contributed by atoms with van der Waals surface area (Å²) < 4.78 is 13.2. The highest BCUT2D eigenvalue weighted by molar-refractivity contribution is 7.99. The first kappa shape index (κ1) is 27.8. The summed E-state index contributed by atoms with van der Waals surface area (Å²) in [6.07, 6.45) is 1.20. The molecule has 0 aliphatic carbocycles. The number of hydrogen-bond acceptors (Lipinski definition) is 3. The van der Waals surface area contributed by atoms with Gasteiger partial charge in [-0.05, 0) is 54.3 Å². The van der Waals surface area contributed by atoms with Crippen LogP contribution in [-0.4, -0.2) is 34.6 Å². The van der Waals surface area contributed by atoms with Crippen molar-refractivity contribution in [2.45, 2.75) is 51.1 Å². The largest absolute Gasteiger partial charge is 0.352 e. The van der Waals surface area contributed by atoms with Crippen LogP contribution in [0.1, 0.15) is 37.0 Å². The molecule has 3 aromatic rings. The van der Waals surface area contributed by atoms with Gasteiger partial charge < -0.3 is 10.2 Å². The molecule has 3 aromatic carbocycles. The minimum Gasteiger partial charge on any atom is -0.352 e. The van der Waals surface area contributed by atoms with Crippen LogP contribution in [0, 0.1) is 5.82 Å². The lowest BCUT2D eigenvalue weighted by Crippen LogP contribution is -2.52. The highest BCUT2D eigenvalue weighted by Gasteiger charge is 2.30. The predicted molar refractivity (Wildman–Crippen MR) is 146 cm³/mol. The van der Waals surface area contributed by atoms with Gasteiger partial charge in [0.25, 0.3) is 0 Å². The van der Waals surface area contributed by atoms with Crippen LogP contribution in [0.3, 0.4) is 0 Å². The Hall–Kier alpha value is -2.83. The molecular weight excluding hydrogens is 495 g/mol. The number of benzene rings is 3. The molecular formula is C29H32ClFN2O2S. The summed E-state index contributed by atoms with van der Waals surface area (Å²) in [6.45, 7) is 4.26. The topological polar surface area (TPSA) is 49.4 Å². The molecule has 36 heavy (non-hydrogen) atoms. The third kappa shape index (κ3) is 8.68. The van der Waals surface area contributed by atoms with Crippen molar-refractivity contribution in [3.63, 3.8) is 0 Å². The fourth-order valence-corrected chi connectivity index (χ4v) is 4.70. The second-order valence-corrected chi connectivity index (χ2v) is 10.2. The van der Waals surface area contributed by atoms with Crippen molar-refractivity contribution in [2.75, 3.05) is 5.75 Å². The lowest BCUT2D eigenvalue weighted by Gasteiger charge is -2.32. The highest BCUT2D eigenvalue weighted by Crippen LogP contribution is 2.20. The summed E-state index contributed by atoms with van der Waals surface area (Å²) in [5.41, 5.74) is 2.81. The number of nitrogens with one attached hydrogen (secondary N) is 1. The van der Waals surface area contributed by atoms with Gasteiger partial charge in [-0.3, -0.25) is 9.59 Å². The molecule has 1 N–H and O–H groups in total. The molecule has 0 spiro atoms. The SMILES string of the molecule is CC[C@@H](C)NC(=O)[C@H](Cc1ccccc1)N(Cc1ccc(Cl)cc1)C(=O)CSCc1ccc(F)cc1. The maximum atomic E-state index is 13.6. The van der Waals surface area contributed by atoms with E-state index in [4.69, 9.17) is 11.6 Å². The Morgan fingerprint density at radius 1 is 0.944 bits per heavy atom. The van der Waals surface area contributed by atoms with Crippen molar-refractivity contribution in [3.8, 4) is 0 Å². The number of amides is 2. The van der Waals surface area contributed by atoms with Crippen molar-refractivity contribution in [2.24, 2.45) is 0 Å². The van der Waals surface area contributed by atoms with Gasteiger partial charge in [0.2, 0.25) is 11.8 Å². The van der Waals surface area contributed by atoms with Crippen molar-refractivity contribution in [1.82, 2.24) is 10.2 Å². The van der Waals surface area contributed by atoms with Gasteiger partial charge in [-0.25, -0.2) is 4.39 Å². The van der Waals surface area contributed by atoms with E-state index in [9.17, 15) is 14.0 Å². The van der Waals surface area contributed by atoms with E-state index in [-0.39, 0.29) is 29.4 Å². The summed E-state index contributed by atoms with van der Waals surface area (Å²) in [6, 6.07) is 22.7. The van der Waals surface area contributed by atoms with E-state index in [0.29, 0.717) is 23.7 Å². The Morgan fingerprint density at radius 2 is 1.58 bits per heavy atom. The van der Waals surface area contributed by atoms with E-state index in [1.807, 2.05) is 56.3 Å². The van der Waals surface area contributed by atoms with Crippen LogP contribution in [0.15, 0.2) is 78.9 Å². The number of thioether (sulfide) groups is 1. The van der Waals surface area contributed by atoms with E-state index >= 15 is 0 Å². The Labute approximate surface area is 222 Å². The van der Waals surface area contributed by atoms with E-state index in [0.717, 1.165) is 23.1 Å². The normalized spacial score (nSPS) is 12.6. The van der Waals surface area contributed by atoms with Crippen molar-refractivity contribution < 1.29 is 14.0 Å². The van der Waals surface area contributed by atoms with Crippen LogP contribution in [-0.2, 0) is 28.3 Å². The van der Waals surface area contributed by atoms with Gasteiger partial charge in [0.05, 0.1) is 5.75 Å². The number of hydrogen-bond donors (Lipinski definition) is 1. The van der Waals surface area contributed by atoms with Gasteiger partial charge in [0.1, 0.15) is 11.9 Å². The molecule has 0 fully saturated rings. The molecule has 0 radical (unpaired) electrons. The Kier molecular flexibility index (Phi) is 10.8. The molecule has 2 atom stereocenters. The summed E-state index contributed by atoms with van der Waals surface area (Å²) in [7, 11) is 0. The zero-order valence-electron chi connectivity index (χ0n) is 20.6. The fourth-order valence-electron chi connectivity index (χ4n) is 3.70. The molecule has 0 saturated heterocycles. The van der Waals surface area contributed by atoms with Crippen LogP contribution in [0.5, 0.6) is 0 Å². The molecule has 0 heterocycles. The zero-order valence-corrected chi connectivity index (χ0v) is 22.2. The van der Waals surface area contributed by atoms with Crippen LogP contribution >= 0.6 is 23.4 Å². The summed E-state index contributed by atoms with van der Waals surface area (Å²) >= 11 is 7.52. The van der Waals surface area contributed by atoms with Crippen molar-refractivity contribution in [3.05, 3.63) is 106 Å². The van der Waals surface area contributed by atoms with Gasteiger partial charge >= 0.3 is 0 Å². The minimum atomic E-state index is -0.670. The Bertz CT molecular complexity index is 1110. The second-order valence-electron chi connectivity index (χ2n) is 8.79. The first-order chi connectivity index (χ1) is 17.4. The molecule has 190 valence electrons. The van der Waals surface area contributed by atoms with E-state index in [1.165, 1.54) is 23.9 Å². The zero-order chi connectivity index (χ0) is 25.9. The molecule has 0 bridgehead atoms. The molecule has 4 nitrogen and oxygen atoms in total. The van der Waals surface area contributed by atoms with Crippen LogP contribution in [0.2, 0.25) is 5.02 Å². The lowest BCUT2D eigenvalue weighted by atomic mass is 10.0. The lowest BCUT2D eigenvalue weighted by molar-refractivity contribution is -0.139. The highest BCUT2D eigenvalue weighted by atomic mass is 35.5. The molecule has 7 heteroatoms. The molecule has 2 amide bonds. The fraction of sp³-hybridized carbons (Fsp3) is 0.310. The summed E-state index contributed by atoms with van der Waals surface area (Å²) in [5.74, 6) is 0.192. The molecule has 3 rings (SSSR count). The van der Waals surface area contributed by atoms with Crippen LogP contribution in [0.25, 0.3) is 0 Å². The molecule has 0 aliphatic rings. The number of nitrogens with zero attached hydrogens (tertiary/aromatic N) is 1. The third-order valence-electron chi connectivity index (χ3n) is 5.95. The number of halogens is 2. The molecule has 0 saturated carbocycles. The standard InChI is InChI=1S/C29H32ClFN2O2S/c1-3-21(2)32-29(35)27(17-22-7-5-4-6-8-22)33(18-23-9-13-25(30)14-10-23)28(34)20-36-19-24-11-15-26(31)16-12-24/h4-16,21,27H,3,17-20H2,1-2H3,(H,32,35)/t21-,27+/m1/s1. The summed E-state index contributed by atoms with van der Waals surface area (Å²) in [4.78, 5) is 28.7. The first-order valence-corrected chi connectivity index (χ1v) is 13.6. The smallest absolute Gasteiger partial charge is 0.243 e. The van der Waals surface area contributed by atoms with Crippen LogP contribution in [0.4, 0.5) is 4.39 Å². The average molecular weight is 527 g/mol. The Morgan fingerprint density at radius 3 is 2.22 bits per heavy atom. The maximum Gasteiger partial charge on any atom is 0.243 e. The Balaban J connectivity index is 1.84. The third-order valence-corrected chi connectivity index (χ3v) is 7.19. The van der Waals surface area contributed by atoms with Crippen molar-refractivity contribution in [1.29, 1.82) is 0 Å². The second kappa shape index (κ2) is 14.0. The maximum absolute atomic E-state index is 13.6. The predicted octanol–water partition coefficient (Wildman–Crippen LogP) is 6.27. The quantitative estimate of drug-likeness (QED) is 0.303. The minimum absolute atomic E-state index is 0.00360. The summed E-state index contributed by atoms with van der Waals surface area (Å²) in [5, 5.41) is 3.68. The number of rotatable bonds is 12. The van der Waals surface area contributed by atoms with Crippen LogP contribution < -0.4 is 5.32 Å². The average Bonchev–Trinajstić information content (AvgIpc) is 2.88. The van der Waals surface area contributed by atoms with E-state index in [2.05, 4.69) is 5.32 Å². The molecule has 0 aliphatic heterocycles. The van der Waals surface area contributed by atoms with Gasteiger partial charge in [-0.1, -0.05) is 73.1 Å². The molecule has 0 aromatic heterocycles. The number of carbonyl (C=O) groups is 2. The van der Waals surface area contributed by atoms with Gasteiger partial charge in [-0.2, -0.15) is 0 Å². The first-order valence-electron chi connectivity index (χ1n) is 12.1. The molecule has 0 unspecified atom stereocenters. The van der Waals surface area contributed by atoms with Gasteiger partial charge in [-0.15, -0.1) is 11.8 Å².